The van der Waals surface area contributed by atoms with Crippen molar-refractivity contribution in [2.75, 3.05) is 0 Å². The Morgan fingerprint density at radius 1 is 1.05 bits per heavy atom. The Hall–Kier alpha value is -1.84. The monoisotopic (exact) mass is 297 g/mol. The number of benzene rings is 2. The summed E-state index contributed by atoms with van der Waals surface area (Å²) in [6.07, 6.45) is 0. The minimum Gasteiger partial charge on any atom is -0.508 e. The minimum atomic E-state index is 0.361. The first-order valence-electron chi connectivity index (χ1n) is 7.11. The number of nitrogens with one attached hydrogen (secondary N) is 1. The zero-order valence-electron chi connectivity index (χ0n) is 12.3. The van der Waals surface area contributed by atoms with Gasteiger partial charge in [-0.05, 0) is 42.3 Å². The Morgan fingerprint density at radius 3 is 2.62 bits per heavy atom. The van der Waals surface area contributed by atoms with Gasteiger partial charge in [0.2, 0.25) is 0 Å². The first-order valence-corrected chi connectivity index (χ1v) is 7.93. The fraction of sp³-hybridized carbons (Fsp3) is 0.222. The van der Waals surface area contributed by atoms with Crippen LogP contribution in [-0.4, -0.2) is 5.11 Å². The van der Waals surface area contributed by atoms with Gasteiger partial charge in [0, 0.05) is 28.4 Å². The molecule has 2 aromatic carbocycles. The number of phenols is 1. The highest BCUT2D eigenvalue weighted by molar-refractivity contribution is 7.12. The molecule has 1 heterocycles. The maximum Gasteiger partial charge on any atom is 0.120 e. The molecule has 0 saturated carbocycles. The molecule has 0 bridgehead atoms. The predicted molar refractivity (Wildman–Crippen MR) is 89.9 cm³/mol. The van der Waals surface area contributed by atoms with Crippen LogP contribution in [-0.2, 0) is 13.1 Å². The van der Waals surface area contributed by atoms with E-state index in [9.17, 15) is 5.11 Å². The number of fused-ring (bicyclic) bond motifs is 1. The van der Waals surface area contributed by atoms with Crippen LogP contribution in [0.25, 0.3) is 10.8 Å². The predicted octanol–water partition coefficient (Wildman–Crippen LogP) is 4.51. The number of hydrogen-bond donors (Lipinski definition) is 2. The van der Waals surface area contributed by atoms with Crippen molar-refractivity contribution in [3.8, 4) is 5.75 Å². The Morgan fingerprint density at radius 2 is 1.86 bits per heavy atom. The van der Waals surface area contributed by atoms with Crippen molar-refractivity contribution >= 4 is 22.1 Å². The second-order valence-electron chi connectivity index (χ2n) is 5.34. The van der Waals surface area contributed by atoms with Gasteiger partial charge in [0.1, 0.15) is 5.75 Å². The molecule has 3 heteroatoms. The maximum absolute atomic E-state index is 10.1. The van der Waals surface area contributed by atoms with Crippen molar-refractivity contribution in [3.63, 3.8) is 0 Å². The van der Waals surface area contributed by atoms with Gasteiger partial charge in [-0.25, -0.2) is 0 Å². The molecule has 0 spiro atoms. The van der Waals surface area contributed by atoms with E-state index in [1.807, 2.05) is 29.5 Å². The van der Waals surface area contributed by atoms with Gasteiger partial charge in [0.25, 0.3) is 0 Å². The summed E-state index contributed by atoms with van der Waals surface area (Å²) in [6.45, 7) is 5.80. The molecule has 0 aliphatic rings. The van der Waals surface area contributed by atoms with E-state index < -0.39 is 0 Å². The van der Waals surface area contributed by atoms with Gasteiger partial charge >= 0.3 is 0 Å². The van der Waals surface area contributed by atoms with Gasteiger partial charge in [-0.1, -0.05) is 30.3 Å². The number of rotatable bonds is 4. The maximum atomic E-state index is 10.1. The summed E-state index contributed by atoms with van der Waals surface area (Å²) in [5.41, 5.74) is 2.32. The van der Waals surface area contributed by atoms with Crippen LogP contribution < -0.4 is 5.32 Å². The van der Waals surface area contributed by atoms with E-state index in [1.54, 1.807) is 6.07 Å². The van der Waals surface area contributed by atoms with E-state index in [-0.39, 0.29) is 0 Å². The van der Waals surface area contributed by atoms with Crippen molar-refractivity contribution < 1.29 is 5.11 Å². The van der Waals surface area contributed by atoms with Crippen molar-refractivity contribution in [2.24, 2.45) is 0 Å². The molecular weight excluding hydrogens is 278 g/mol. The average molecular weight is 297 g/mol. The lowest BCUT2D eigenvalue weighted by molar-refractivity contribution is 0.466. The summed E-state index contributed by atoms with van der Waals surface area (Å²) in [5.74, 6) is 0.361. The van der Waals surface area contributed by atoms with Crippen molar-refractivity contribution in [1.82, 2.24) is 5.32 Å². The summed E-state index contributed by atoms with van der Waals surface area (Å²) in [4.78, 5) is 2.71. The molecule has 1 aromatic heterocycles. The van der Waals surface area contributed by atoms with Crippen LogP contribution in [0.15, 0.2) is 42.5 Å². The van der Waals surface area contributed by atoms with Crippen molar-refractivity contribution in [1.29, 1.82) is 0 Å². The smallest absolute Gasteiger partial charge is 0.120 e. The second-order valence-corrected chi connectivity index (χ2v) is 6.68. The third kappa shape index (κ3) is 2.94. The van der Waals surface area contributed by atoms with Crippen LogP contribution in [0.2, 0.25) is 0 Å². The summed E-state index contributed by atoms with van der Waals surface area (Å²) < 4.78 is 0. The zero-order valence-corrected chi connectivity index (χ0v) is 13.1. The fourth-order valence-electron chi connectivity index (χ4n) is 2.56. The number of aromatic hydroxyl groups is 1. The van der Waals surface area contributed by atoms with Gasteiger partial charge in [-0.3, -0.25) is 0 Å². The molecule has 3 rings (SSSR count). The Balaban J connectivity index is 1.77. The third-order valence-electron chi connectivity index (χ3n) is 3.83. The molecule has 0 amide bonds. The summed E-state index contributed by atoms with van der Waals surface area (Å²) in [5, 5.41) is 15.8. The Labute approximate surface area is 129 Å². The number of hydrogen-bond acceptors (Lipinski definition) is 3. The lowest BCUT2D eigenvalue weighted by atomic mass is 10.0. The quantitative estimate of drug-likeness (QED) is 0.742. The highest BCUT2D eigenvalue weighted by Gasteiger charge is 2.07. The number of thiophene rings is 1. The molecule has 21 heavy (non-hydrogen) atoms. The molecule has 0 fully saturated rings. The van der Waals surface area contributed by atoms with Crippen LogP contribution in [0.3, 0.4) is 0 Å². The molecule has 0 atom stereocenters. The van der Waals surface area contributed by atoms with E-state index in [0.717, 1.165) is 22.9 Å². The van der Waals surface area contributed by atoms with Crippen LogP contribution in [0, 0.1) is 13.8 Å². The van der Waals surface area contributed by atoms with Gasteiger partial charge in [-0.15, -0.1) is 11.3 Å². The summed E-state index contributed by atoms with van der Waals surface area (Å²) in [6, 6.07) is 14.1. The van der Waals surface area contributed by atoms with Gasteiger partial charge in [0.15, 0.2) is 0 Å². The first-order chi connectivity index (χ1) is 10.1. The summed E-state index contributed by atoms with van der Waals surface area (Å²) >= 11 is 1.83. The normalized spacial score (nSPS) is 11.1. The average Bonchev–Trinajstić information content (AvgIpc) is 2.80. The Bertz CT molecular complexity index is 756. The minimum absolute atomic E-state index is 0.361. The van der Waals surface area contributed by atoms with Gasteiger partial charge < -0.3 is 10.4 Å². The largest absolute Gasteiger partial charge is 0.508 e. The molecule has 0 unspecified atom stereocenters. The molecule has 0 radical (unpaired) electrons. The zero-order chi connectivity index (χ0) is 14.8. The lowest BCUT2D eigenvalue weighted by Gasteiger charge is -2.10. The third-order valence-corrected chi connectivity index (χ3v) is 4.99. The molecule has 0 aliphatic heterocycles. The van der Waals surface area contributed by atoms with Crippen molar-refractivity contribution in [3.05, 3.63) is 63.3 Å². The second kappa shape index (κ2) is 5.88. The van der Waals surface area contributed by atoms with Gasteiger partial charge in [-0.2, -0.15) is 0 Å². The first kappa shape index (κ1) is 14.1. The van der Waals surface area contributed by atoms with E-state index in [1.165, 1.54) is 15.3 Å². The molecule has 0 saturated heterocycles. The topological polar surface area (TPSA) is 32.3 Å². The van der Waals surface area contributed by atoms with Crippen LogP contribution in [0.1, 0.15) is 20.9 Å². The Kier molecular flexibility index (Phi) is 3.95. The number of aryl methyl sites for hydroxylation is 2. The SMILES string of the molecule is Cc1cc(CNCc2c(O)ccc3ccccc23)sc1C. The molecule has 0 aliphatic carbocycles. The highest BCUT2D eigenvalue weighted by atomic mass is 32.1. The van der Waals surface area contributed by atoms with E-state index >= 15 is 0 Å². The van der Waals surface area contributed by atoms with Crippen molar-refractivity contribution in [2.45, 2.75) is 26.9 Å². The van der Waals surface area contributed by atoms with E-state index in [0.29, 0.717) is 12.3 Å². The fourth-order valence-corrected chi connectivity index (χ4v) is 3.58. The lowest BCUT2D eigenvalue weighted by Crippen LogP contribution is -2.12. The van der Waals surface area contributed by atoms with Crippen LogP contribution >= 0.6 is 11.3 Å². The molecule has 108 valence electrons. The molecule has 2 N–H and O–H groups in total. The van der Waals surface area contributed by atoms with Crippen LogP contribution in [0.5, 0.6) is 5.75 Å². The van der Waals surface area contributed by atoms with Gasteiger partial charge in [0.05, 0.1) is 0 Å². The molecule has 2 nitrogen and oxygen atoms in total. The standard InChI is InChI=1S/C18H19NOS/c1-12-9-15(21-13(12)2)10-19-11-17-16-6-4-3-5-14(16)7-8-18(17)20/h3-9,19-20H,10-11H2,1-2H3. The molecular formula is C18H19NOS. The highest BCUT2D eigenvalue weighted by Crippen LogP contribution is 2.27. The molecule has 3 aromatic rings. The van der Waals surface area contributed by atoms with Crippen LogP contribution in [0.4, 0.5) is 0 Å². The van der Waals surface area contributed by atoms with E-state index in [2.05, 4.69) is 37.4 Å². The van der Waals surface area contributed by atoms with E-state index in [4.69, 9.17) is 0 Å². The number of phenolic OH excluding ortho intramolecular Hbond substituents is 1. The summed E-state index contributed by atoms with van der Waals surface area (Å²) in [7, 11) is 0.